The predicted octanol–water partition coefficient (Wildman–Crippen LogP) is 1.50. The molecule has 0 bridgehead atoms. The van der Waals surface area contributed by atoms with Gasteiger partial charge < -0.3 is 31.3 Å². The van der Waals surface area contributed by atoms with Crippen LogP contribution in [0.15, 0.2) is 42.5 Å². The summed E-state index contributed by atoms with van der Waals surface area (Å²) in [6, 6.07) is 7.54. The van der Waals surface area contributed by atoms with Crippen LogP contribution in [0.3, 0.4) is 0 Å². The van der Waals surface area contributed by atoms with Gasteiger partial charge in [-0.3, -0.25) is 28.8 Å². The van der Waals surface area contributed by atoms with Gasteiger partial charge in [-0.05, 0) is 47.4 Å². The molecule has 2 heterocycles. The molecule has 0 spiro atoms. The molecule has 0 aromatic heterocycles. The van der Waals surface area contributed by atoms with Gasteiger partial charge in [-0.1, -0.05) is 70.2 Å². The molecule has 242 valence electrons. The van der Waals surface area contributed by atoms with E-state index in [1.165, 1.54) is 4.90 Å². The van der Waals surface area contributed by atoms with Crippen molar-refractivity contribution in [1.82, 2.24) is 26.2 Å². The predicted molar refractivity (Wildman–Crippen MR) is 167 cm³/mol. The third-order valence-electron chi connectivity index (χ3n) is 8.36. The fraction of sp³-hybridized carbons (Fsp3) is 0.515. The molecule has 5 amide bonds. The third-order valence-corrected chi connectivity index (χ3v) is 8.36. The van der Waals surface area contributed by atoms with E-state index in [0.717, 1.165) is 16.3 Å². The monoisotopic (exact) mass is 621 g/mol. The summed E-state index contributed by atoms with van der Waals surface area (Å²) in [5, 5.41) is 22.4. The van der Waals surface area contributed by atoms with E-state index in [1.807, 2.05) is 56.3 Å². The van der Waals surface area contributed by atoms with Crippen LogP contribution in [0.25, 0.3) is 10.8 Å². The lowest BCUT2D eigenvalue weighted by molar-refractivity contribution is -0.146. The average molecular weight is 622 g/mol. The topological polar surface area (TPSA) is 174 Å². The number of fused-ring (bicyclic) bond motifs is 2. The van der Waals surface area contributed by atoms with E-state index in [-0.39, 0.29) is 31.2 Å². The van der Waals surface area contributed by atoms with Crippen LogP contribution >= 0.6 is 0 Å². The Morgan fingerprint density at radius 2 is 1.47 bits per heavy atom. The number of benzene rings is 2. The van der Waals surface area contributed by atoms with Gasteiger partial charge in [-0.15, -0.1) is 0 Å². The van der Waals surface area contributed by atoms with Crippen LogP contribution in [-0.2, 0) is 35.2 Å². The lowest BCUT2D eigenvalue weighted by Crippen LogP contribution is -2.59. The molecule has 2 aliphatic rings. The van der Waals surface area contributed by atoms with E-state index >= 15 is 0 Å². The Morgan fingerprint density at radius 3 is 2.16 bits per heavy atom. The number of carbonyl (C=O) groups excluding carboxylic acids is 5. The maximum absolute atomic E-state index is 13.9. The number of nitrogens with one attached hydrogen (secondary N) is 4. The molecule has 45 heavy (non-hydrogen) atoms. The molecule has 12 heteroatoms. The zero-order valence-electron chi connectivity index (χ0n) is 26.2. The maximum Gasteiger partial charge on any atom is 0.305 e. The second kappa shape index (κ2) is 14.5. The molecule has 4 rings (SSSR count). The highest BCUT2D eigenvalue weighted by Crippen LogP contribution is 2.22. The van der Waals surface area contributed by atoms with Crippen molar-refractivity contribution in [2.45, 2.75) is 90.0 Å². The number of carbonyl (C=O) groups is 6. The average Bonchev–Trinajstić information content (AvgIpc) is 3.47. The zero-order valence-corrected chi connectivity index (χ0v) is 26.2. The van der Waals surface area contributed by atoms with E-state index in [9.17, 15) is 33.9 Å². The summed E-state index contributed by atoms with van der Waals surface area (Å²) in [6.07, 6.45) is 0.393. The van der Waals surface area contributed by atoms with Crippen molar-refractivity contribution >= 4 is 46.3 Å². The lowest BCUT2D eigenvalue weighted by Gasteiger charge is -2.30. The SMILES string of the molecule is CC(C)C[C@@H]1NC(=O)[C@@H](C(C)C)NC(=O)[C@@H]2CCCN2C(=O)[C@@H](CC(=O)O)NC(=O)[C@@H](Cc2cccc3ccccc23)NC1=O. The summed E-state index contributed by atoms with van der Waals surface area (Å²) in [5.74, 6) is -4.84. The highest BCUT2D eigenvalue weighted by Gasteiger charge is 2.41. The molecule has 2 aromatic rings. The van der Waals surface area contributed by atoms with Crippen molar-refractivity contribution in [1.29, 1.82) is 0 Å². The third kappa shape index (κ3) is 8.17. The first-order chi connectivity index (χ1) is 21.3. The highest BCUT2D eigenvalue weighted by atomic mass is 16.4. The van der Waals surface area contributed by atoms with Crippen molar-refractivity contribution in [3.05, 3.63) is 48.0 Å². The van der Waals surface area contributed by atoms with Crippen LogP contribution in [0.4, 0.5) is 0 Å². The fourth-order valence-electron chi connectivity index (χ4n) is 6.07. The van der Waals surface area contributed by atoms with Gasteiger partial charge in [0.1, 0.15) is 30.2 Å². The number of nitrogens with zero attached hydrogens (tertiary/aromatic N) is 1. The number of hydrogen-bond donors (Lipinski definition) is 5. The second-order valence-electron chi connectivity index (χ2n) is 12.7. The molecule has 0 saturated carbocycles. The van der Waals surface area contributed by atoms with E-state index in [0.29, 0.717) is 12.8 Å². The Labute approximate surface area is 262 Å². The van der Waals surface area contributed by atoms with Crippen LogP contribution in [0, 0.1) is 11.8 Å². The fourth-order valence-corrected chi connectivity index (χ4v) is 6.07. The first kappa shape index (κ1) is 33.4. The second-order valence-corrected chi connectivity index (χ2v) is 12.7. The number of rotatable bonds is 7. The number of amides is 5. The minimum absolute atomic E-state index is 0.00909. The molecule has 2 saturated heterocycles. The Hall–Kier alpha value is -4.48. The molecule has 2 aromatic carbocycles. The Morgan fingerprint density at radius 1 is 0.822 bits per heavy atom. The first-order valence-corrected chi connectivity index (χ1v) is 15.6. The minimum atomic E-state index is -1.48. The van der Waals surface area contributed by atoms with E-state index < -0.39 is 72.1 Å². The molecule has 0 unspecified atom stereocenters. The summed E-state index contributed by atoms with van der Waals surface area (Å²) < 4.78 is 0. The van der Waals surface area contributed by atoms with Crippen LogP contribution in [0.1, 0.15) is 58.9 Å². The highest BCUT2D eigenvalue weighted by molar-refractivity contribution is 5.99. The van der Waals surface area contributed by atoms with Crippen LogP contribution in [-0.4, -0.2) is 82.3 Å². The maximum atomic E-state index is 13.9. The van der Waals surface area contributed by atoms with Crippen molar-refractivity contribution in [2.24, 2.45) is 11.8 Å². The van der Waals surface area contributed by atoms with Crippen LogP contribution < -0.4 is 21.3 Å². The summed E-state index contributed by atoms with van der Waals surface area (Å²) in [7, 11) is 0. The number of carboxylic acid groups (broad SMARTS) is 1. The van der Waals surface area contributed by atoms with E-state index in [4.69, 9.17) is 0 Å². The van der Waals surface area contributed by atoms with Gasteiger partial charge in [-0.25, -0.2) is 0 Å². The summed E-state index contributed by atoms with van der Waals surface area (Å²) in [4.78, 5) is 81.6. The van der Waals surface area contributed by atoms with Gasteiger partial charge in [0, 0.05) is 13.0 Å². The molecular formula is C33H43N5O7. The van der Waals surface area contributed by atoms with Gasteiger partial charge >= 0.3 is 5.97 Å². The largest absolute Gasteiger partial charge is 0.481 e. The molecule has 12 nitrogen and oxygen atoms in total. The van der Waals surface area contributed by atoms with Gasteiger partial charge in [0.15, 0.2) is 0 Å². The summed E-state index contributed by atoms with van der Waals surface area (Å²) in [6.45, 7) is 7.51. The zero-order chi connectivity index (χ0) is 32.8. The Kier molecular flexibility index (Phi) is 10.8. The smallest absolute Gasteiger partial charge is 0.305 e. The van der Waals surface area contributed by atoms with Crippen LogP contribution in [0.5, 0.6) is 0 Å². The van der Waals surface area contributed by atoms with E-state index in [2.05, 4.69) is 21.3 Å². The van der Waals surface area contributed by atoms with Crippen molar-refractivity contribution in [3.63, 3.8) is 0 Å². The molecule has 0 radical (unpaired) electrons. The normalized spacial score (nSPS) is 25.2. The number of hydrogen-bond acceptors (Lipinski definition) is 6. The summed E-state index contributed by atoms with van der Waals surface area (Å²) in [5.41, 5.74) is 0.756. The van der Waals surface area contributed by atoms with Crippen molar-refractivity contribution < 1.29 is 33.9 Å². The molecule has 5 N–H and O–H groups in total. The first-order valence-electron chi connectivity index (χ1n) is 15.6. The van der Waals surface area contributed by atoms with Gasteiger partial charge in [0.2, 0.25) is 29.5 Å². The summed E-state index contributed by atoms with van der Waals surface area (Å²) >= 11 is 0. The van der Waals surface area contributed by atoms with Gasteiger partial charge in [0.05, 0.1) is 6.42 Å². The Bertz CT molecular complexity index is 1450. The quantitative estimate of drug-likeness (QED) is 0.312. The minimum Gasteiger partial charge on any atom is -0.481 e. The van der Waals surface area contributed by atoms with Gasteiger partial charge in [-0.2, -0.15) is 0 Å². The van der Waals surface area contributed by atoms with Crippen molar-refractivity contribution in [3.8, 4) is 0 Å². The van der Waals surface area contributed by atoms with E-state index in [1.54, 1.807) is 13.8 Å². The molecule has 0 aliphatic carbocycles. The number of carboxylic acids is 1. The molecule has 5 atom stereocenters. The molecule has 2 fully saturated rings. The molecule has 2 aliphatic heterocycles. The van der Waals surface area contributed by atoms with Crippen molar-refractivity contribution in [2.75, 3.05) is 6.54 Å². The molecular weight excluding hydrogens is 578 g/mol. The van der Waals surface area contributed by atoms with Gasteiger partial charge in [0.25, 0.3) is 0 Å². The lowest BCUT2D eigenvalue weighted by atomic mass is 9.97. The number of aliphatic carboxylic acids is 1. The standard InChI is InChI=1S/C33H43N5O7/c1-18(2)15-23-29(41)34-24(16-21-11-7-10-20-9-5-6-12-22(20)21)30(42)36-25(17-27(39)40)33(45)38-14-8-13-26(38)31(43)37-28(19(3)4)32(44)35-23/h5-7,9-12,18-19,23-26,28H,8,13-17H2,1-4H3,(H,34,41)(H,35,44)(H,36,42)(H,37,43)(H,39,40)/t23-,24+,25+,26-,28+/m0/s1. The van der Waals surface area contributed by atoms with Crippen LogP contribution in [0.2, 0.25) is 0 Å². The Balaban J connectivity index is 1.78.